The van der Waals surface area contributed by atoms with Crippen LogP contribution in [0, 0.1) is 30.3 Å². The molecule has 0 atom stereocenters. The Bertz CT molecular complexity index is 3530. The third-order valence-electron chi connectivity index (χ3n) is 15.0. The molecule has 10 heterocycles. The van der Waals surface area contributed by atoms with Crippen molar-refractivity contribution in [3.8, 4) is 12.1 Å². The van der Waals surface area contributed by atoms with Gasteiger partial charge in [0.25, 0.3) is 0 Å². The highest BCUT2D eigenvalue weighted by Crippen LogP contribution is 2.27. The van der Waals surface area contributed by atoms with Gasteiger partial charge in [-0.05, 0) is 126 Å². The summed E-state index contributed by atoms with van der Waals surface area (Å²) in [6, 6.07) is 9.28. The number of anilines is 1. The van der Waals surface area contributed by atoms with E-state index in [2.05, 4.69) is 256 Å². The van der Waals surface area contributed by atoms with Crippen LogP contribution in [-0.4, -0.2) is 105 Å². The van der Waals surface area contributed by atoms with E-state index in [1.807, 2.05) is 83.1 Å². The summed E-state index contributed by atoms with van der Waals surface area (Å²) in [5, 5.41) is 16.0. The monoisotopic (exact) mass is 1400 g/mol. The van der Waals surface area contributed by atoms with E-state index >= 15 is 0 Å². The van der Waals surface area contributed by atoms with Gasteiger partial charge in [-0.2, -0.15) is 24.2 Å². The predicted molar refractivity (Wildman–Crippen MR) is 406 cm³/mol. The zero-order valence-electron chi connectivity index (χ0n) is 66.7. The first kappa shape index (κ1) is 88.8. The van der Waals surface area contributed by atoms with Crippen LogP contribution in [0.3, 0.4) is 0 Å². The number of nitrogens with zero attached hydrogens (tertiary/aromatic N) is 19. The SMILES string of the molecule is CC(C)(C)c1ccc(F)nc1.CC(C)(C)c1ccnnc1.CC(C)(C)c1cnc(C#N)nc1.CC(C)(C)c1cnc(F)nc1.CC(C)(C)c1cnc(N2CCCC2)nc1.CC(C)(C)c1cncnc1.CC(C)(C)c1ncccn1.COc1ncc(C(C)(C)C)cn1.Cc1ncc(C(C)(C)C)cn1. The predicted octanol–water partition coefficient (Wildman–Crippen LogP) is 17.6. The Labute approximate surface area is 609 Å². The molecule has 0 spiro atoms. The standard InChI is InChI=1S/C12H19N3.C9H12FN.C9H11N3.C9H14N2O.C9H14N2.C8H11FN2.3C8H12N2/c1-12(2,3)10-8-13-11(14-9-10)15-6-4-5-7-15;1-9(2,3)7-4-5-8(10)11-6-7;1-9(2,3)7-5-11-8(4-10)12-6-7;1-9(2,3)7-5-10-8(12-4)11-6-7;1-7-10-5-8(6-11-7)9(2,3)4;1-8(2,3)6-4-10-7(9)11-5-6;1-8(2,3)7-4-9-6-10-5-7;1-8(2,3)7-4-5-9-10-6-7;1-8(2,3)7-9-5-4-6-10-7/h8-9H,4-7H2,1-3H3;4-6H,1-3H3;5-6H,1-3H3;5-6H,1-4H3;5-6H,1-4H3;4-5H,1-3H3;3*4-6H,1-3H3. The first-order chi connectivity index (χ1) is 47.0. The van der Waals surface area contributed by atoms with E-state index in [4.69, 9.17) is 10.00 Å². The maximum atomic E-state index is 12.4. The van der Waals surface area contributed by atoms with Crippen molar-refractivity contribution in [2.75, 3.05) is 25.1 Å². The maximum Gasteiger partial charge on any atom is 0.316 e. The van der Waals surface area contributed by atoms with Gasteiger partial charge < -0.3 is 9.64 Å². The van der Waals surface area contributed by atoms with Crippen molar-refractivity contribution in [3.63, 3.8) is 0 Å². The Morgan fingerprint density at radius 1 is 0.373 bits per heavy atom. The van der Waals surface area contributed by atoms with Crippen molar-refractivity contribution in [2.45, 2.75) is 255 Å². The molecule has 0 aromatic carbocycles. The van der Waals surface area contributed by atoms with Crippen LogP contribution in [0.5, 0.6) is 6.01 Å². The van der Waals surface area contributed by atoms with Crippen molar-refractivity contribution in [2.24, 2.45) is 0 Å². The smallest absolute Gasteiger partial charge is 0.316 e. The summed E-state index contributed by atoms with van der Waals surface area (Å²) in [6.07, 6.45) is 33.5. The van der Waals surface area contributed by atoms with Gasteiger partial charge in [0.05, 0.1) is 13.3 Å². The average molecular weight is 1400 g/mol. The summed E-state index contributed by atoms with van der Waals surface area (Å²) in [4.78, 5) is 61.9. The van der Waals surface area contributed by atoms with E-state index in [1.165, 1.54) is 53.6 Å². The molecule has 20 nitrogen and oxygen atoms in total. The van der Waals surface area contributed by atoms with Crippen molar-refractivity contribution < 1.29 is 13.5 Å². The van der Waals surface area contributed by atoms with Crippen LogP contribution in [0.25, 0.3) is 0 Å². The minimum Gasteiger partial charge on any atom is -0.467 e. The van der Waals surface area contributed by atoms with Gasteiger partial charge >= 0.3 is 12.1 Å². The Kier molecular flexibility index (Phi) is 34.7. The van der Waals surface area contributed by atoms with Gasteiger partial charge in [0.1, 0.15) is 24.0 Å². The minimum absolute atomic E-state index is 0.00625. The van der Waals surface area contributed by atoms with Gasteiger partial charge in [0, 0.05) is 118 Å². The third kappa shape index (κ3) is 35.4. The summed E-state index contributed by atoms with van der Waals surface area (Å²) < 4.78 is 29.5. The van der Waals surface area contributed by atoms with Gasteiger partial charge in [-0.3, -0.25) is 0 Å². The Morgan fingerprint density at radius 2 is 0.725 bits per heavy atom. The number of ether oxygens (including phenoxy) is 1. The van der Waals surface area contributed by atoms with Crippen molar-refractivity contribution in [3.05, 3.63) is 210 Å². The highest BCUT2D eigenvalue weighted by atomic mass is 19.1. The number of halogens is 2. The van der Waals surface area contributed by atoms with Crippen LogP contribution in [0.2, 0.25) is 0 Å². The van der Waals surface area contributed by atoms with E-state index in [-0.39, 0.29) is 54.6 Å². The molecule has 1 saturated heterocycles. The number of methoxy groups -OCH3 is 1. The van der Waals surface area contributed by atoms with Crippen LogP contribution in [0.15, 0.2) is 136 Å². The van der Waals surface area contributed by atoms with E-state index in [1.54, 1.807) is 75.3 Å². The lowest BCUT2D eigenvalue weighted by Crippen LogP contribution is -2.21. The molecule has 0 N–H and O–H groups in total. The lowest BCUT2D eigenvalue weighted by atomic mass is 9.88. The first-order valence-electron chi connectivity index (χ1n) is 34.3. The van der Waals surface area contributed by atoms with Crippen LogP contribution in [0.1, 0.15) is 262 Å². The van der Waals surface area contributed by atoms with Gasteiger partial charge in [-0.1, -0.05) is 193 Å². The molecule has 102 heavy (non-hydrogen) atoms. The lowest BCUT2D eigenvalue weighted by molar-refractivity contribution is 0.378. The van der Waals surface area contributed by atoms with Crippen LogP contribution < -0.4 is 9.64 Å². The molecule has 0 bridgehead atoms. The topological polar surface area (TPSA) is 255 Å². The molecular weight excluding hydrogens is 1280 g/mol. The zero-order chi connectivity index (χ0) is 77.6. The molecule has 1 aliphatic rings. The summed E-state index contributed by atoms with van der Waals surface area (Å²) in [5.74, 6) is 2.43. The average Bonchev–Trinajstić information content (AvgIpc) is 1.51. The molecule has 552 valence electrons. The number of rotatable bonds is 2. The normalized spacial score (nSPS) is 12.3. The fourth-order valence-corrected chi connectivity index (χ4v) is 7.78. The highest BCUT2D eigenvalue weighted by Gasteiger charge is 2.21. The summed E-state index contributed by atoms with van der Waals surface area (Å²) >= 11 is 0. The maximum absolute atomic E-state index is 12.4. The molecule has 10 rings (SSSR count). The van der Waals surface area contributed by atoms with Crippen LogP contribution >= 0.6 is 0 Å². The molecule has 1 fully saturated rings. The van der Waals surface area contributed by atoms with Crippen LogP contribution in [0.4, 0.5) is 14.7 Å². The molecule has 22 heteroatoms. The molecule has 0 amide bonds. The molecule has 0 unspecified atom stereocenters. The number of aromatic nitrogens is 17. The second kappa shape index (κ2) is 39.8. The number of nitriles is 1. The number of pyridine rings is 1. The number of aryl methyl sites for hydroxylation is 1. The summed E-state index contributed by atoms with van der Waals surface area (Å²) in [7, 11) is 1.56. The fourth-order valence-electron chi connectivity index (χ4n) is 7.78. The molecule has 0 saturated carbocycles. The van der Waals surface area contributed by atoms with Crippen molar-refractivity contribution >= 4 is 5.95 Å². The third-order valence-corrected chi connectivity index (χ3v) is 15.0. The van der Waals surface area contributed by atoms with Crippen molar-refractivity contribution in [1.82, 2.24) is 85.0 Å². The Morgan fingerprint density at radius 3 is 1.04 bits per heavy atom. The molecule has 0 radical (unpaired) electrons. The van der Waals surface area contributed by atoms with Crippen molar-refractivity contribution in [1.29, 1.82) is 5.26 Å². The Hall–Kier alpha value is -9.26. The summed E-state index contributed by atoms with van der Waals surface area (Å²) in [6.45, 7) is 61.2. The van der Waals surface area contributed by atoms with Gasteiger partial charge in [-0.15, -0.1) is 0 Å². The second-order valence-corrected chi connectivity index (χ2v) is 33.5. The first-order valence-corrected chi connectivity index (χ1v) is 34.3. The van der Waals surface area contributed by atoms with Crippen LogP contribution in [-0.2, 0) is 48.7 Å². The van der Waals surface area contributed by atoms with E-state index < -0.39 is 12.0 Å². The molecule has 9 aromatic rings. The van der Waals surface area contributed by atoms with E-state index in [9.17, 15) is 8.78 Å². The highest BCUT2D eigenvalue weighted by molar-refractivity contribution is 5.32. The van der Waals surface area contributed by atoms with Gasteiger partial charge in [0.2, 0.25) is 17.7 Å². The quantitative estimate of drug-likeness (QED) is 0.115. The summed E-state index contributed by atoms with van der Waals surface area (Å²) in [5.41, 5.74) is 9.87. The van der Waals surface area contributed by atoms with Gasteiger partial charge in [0.15, 0.2) is 0 Å². The lowest BCUT2D eigenvalue weighted by Gasteiger charge is -2.20. The molecule has 9 aromatic heterocycles. The van der Waals surface area contributed by atoms with E-state index in [0.29, 0.717) is 6.01 Å². The van der Waals surface area contributed by atoms with Gasteiger partial charge in [-0.25, -0.2) is 74.8 Å². The minimum atomic E-state index is -0.669. The molecule has 1 aliphatic heterocycles. The fraction of sp³-hybridized carbons (Fsp3) is 0.525. The van der Waals surface area contributed by atoms with E-state index in [0.717, 1.165) is 52.9 Å². The molecular formula is C80H117F2N19O. The molecule has 0 aliphatic carbocycles. The zero-order valence-corrected chi connectivity index (χ0v) is 66.7. The second-order valence-electron chi connectivity index (χ2n) is 33.5. The largest absolute Gasteiger partial charge is 0.467 e. The Balaban J connectivity index is 0.000000391. The number of hydrogen-bond donors (Lipinski definition) is 0. The number of hydrogen-bond acceptors (Lipinski definition) is 20.